The Labute approximate surface area is 189 Å². The largest absolute Gasteiger partial charge is 0.507 e. The molecule has 0 spiro atoms. The van der Waals surface area contributed by atoms with Gasteiger partial charge in [-0.15, -0.1) is 0 Å². The average molecular weight is 436 g/mol. The molecule has 5 nitrogen and oxygen atoms in total. The zero-order valence-corrected chi connectivity index (χ0v) is 17.6. The fourth-order valence-corrected chi connectivity index (χ4v) is 4.27. The van der Waals surface area contributed by atoms with Gasteiger partial charge in [-0.3, -0.25) is 4.79 Å². The number of carbonyl (C=O) groups excluding carboxylic acids is 1. The van der Waals surface area contributed by atoms with Crippen LogP contribution in [0.5, 0.6) is 11.5 Å². The number of rotatable bonds is 5. The Morgan fingerprint density at radius 3 is 2.33 bits per heavy atom. The highest BCUT2D eigenvalue weighted by molar-refractivity contribution is 5.99. The number of carbonyl (C=O) groups is 1. The molecule has 1 unspecified atom stereocenters. The van der Waals surface area contributed by atoms with Crippen molar-refractivity contribution >= 4 is 27.5 Å². The smallest absolute Gasteiger partial charge is 0.343 e. The third-order valence-electron chi connectivity index (χ3n) is 5.94. The van der Waals surface area contributed by atoms with Crippen LogP contribution in [0.25, 0.3) is 21.7 Å². The van der Waals surface area contributed by atoms with Crippen LogP contribution in [0.2, 0.25) is 0 Å². The predicted molar refractivity (Wildman–Crippen MR) is 127 cm³/mol. The van der Waals surface area contributed by atoms with Gasteiger partial charge in [0.25, 0.3) is 0 Å². The molecule has 0 fully saturated rings. The summed E-state index contributed by atoms with van der Waals surface area (Å²) < 4.78 is 5.50. The summed E-state index contributed by atoms with van der Waals surface area (Å²) in [6.45, 7) is 0. The van der Waals surface area contributed by atoms with Gasteiger partial charge in [-0.1, -0.05) is 66.7 Å². The van der Waals surface area contributed by atoms with E-state index in [1.54, 1.807) is 36.4 Å². The number of phenolic OH excluding ortho intramolecular Hbond substituents is 1. The normalized spacial score (nSPS) is 12.1. The standard InChI is InChI=1S/C28H20O5/c29-23-11-5-3-9-20(23)24(30)16-22(19-14-13-17-7-1-2-8-18(17)15-19)26-27(31)21-10-4-6-12-25(21)33-28(26)32/h1-15,22,29,31H,16H2. The van der Waals surface area contributed by atoms with Crippen molar-refractivity contribution < 1.29 is 19.4 Å². The molecule has 4 aromatic carbocycles. The SMILES string of the molecule is O=C(CC(c1ccc2ccccc2c1)c1c(O)c2ccccc2oc1=O)c1ccccc1O. The van der Waals surface area contributed by atoms with Crippen LogP contribution < -0.4 is 5.63 Å². The van der Waals surface area contributed by atoms with E-state index >= 15 is 0 Å². The van der Waals surface area contributed by atoms with E-state index in [0.29, 0.717) is 10.9 Å². The lowest BCUT2D eigenvalue weighted by Gasteiger charge is -2.19. The molecule has 33 heavy (non-hydrogen) atoms. The van der Waals surface area contributed by atoms with Crippen molar-refractivity contribution in [3.8, 4) is 11.5 Å². The molecule has 5 aromatic rings. The second-order valence-electron chi connectivity index (χ2n) is 7.95. The molecular formula is C28H20O5. The van der Waals surface area contributed by atoms with Crippen LogP contribution in [0.4, 0.5) is 0 Å². The van der Waals surface area contributed by atoms with Crippen molar-refractivity contribution in [3.63, 3.8) is 0 Å². The van der Waals surface area contributed by atoms with Gasteiger partial charge in [0.2, 0.25) is 0 Å². The molecule has 162 valence electrons. The molecule has 0 aliphatic rings. The molecule has 0 amide bonds. The van der Waals surface area contributed by atoms with E-state index in [9.17, 15) is 19.8 Å². The van der Waals surface area contributed by atoms with E-state index in [0.717, 1.165) is 10.8 Å². The molecule has 5 rings (SSSR count). The maximum atomic E-state index is 13.2. The van der Waals surface area contributed by atoms with Gasteiger partial charge < -0.3 is 14.6 Å². The average Bonchev–Trinajstić information content (AvgIpc) is 2.83. The number of Topliss-reactive ketones (excluding diaryl/α,β-unsaturated/α-hetero) is 1. The highest BCUT2D eigenvalue weighted by Crippen LogP contribution is 2.38. The summed E-state index contributed by atoms with van der Waals surface area (Å²) in [6.07, 6.45) is -0.132. The number of fused-ring (bicyclic) bond motifs is 2. The lowest BCUT2D eigenvalue weighted by atomic mass is 9.84. The number of benzene rings is 4. The van der Waals surface area contributed by atoms with E-state index < -0.39 is 11.5 Å². The second kappa shape index (κ2) is 8.28. The molecule has 0 aliphatic carbocycles. The summed E-state index contributed by atoms with van der Waals surface area (Å²) in [4.78, 5) is 26.2. The molecule has 0 radical (unpaired) electrons. The summed E-state index contributed by atoms with van der Waals surface area (Å²) >= 11 is 0. The Morgan fingerprint density at radius 1 is 0.818 bits per heavy atom. The van der Waals surface area contributed by atoms with Crippen LogP contribution in [0.15, 0.2) is 100 Å². The van der Waals surface area contributed by atoms with Crippen LogP contribution in [0, 0.1) is 0 Å². The van der Waals surface area contributed by atoms with Crippen molar-refractivity contribution in [2.24, 2.45) is 0 Å². The third-order valence-corrected chi connectivity index (χ3v) is 5.94. The highest BCUT2D eigenvalue weighted by Gasteiger charge is 2.28. The Morgan fingerprint density at radius 2 is 1.52 bits per heavy atom. The predicted octanol–water partition coefficient (Wildman–Crippen LogP) is 5.76. The molecular weight excluding hydrogens is 416 g/mol. The summed E-state index contributed by atoms with van der Waals surface area (Å²) in [5.41, 5.74) is 0.443. The van der Waals surface area contributed by atoms with Crippen LogP contribution >= 0.6 is 0 Å². The van der Waals surface area contributed by atoms with E-state index in [-0.39, 0.29) is 40.4 Å². The van der Waals surface area contributed by atoms with Crippen LogP contribution in [0.3, 0.4) is 0 Å². The molecule has 1 heterocycles. The molecule has 0 aliphatic heterocycles. The fraction of sp³-hybridized carbons (Fsp3) is 0.0714. The first-order valence-corrected chi connectivity index (χ1v) is 10.6. The second-order valence-corrected chi connectivity index (χ2v) is 7.95. The zero-order chi connectivity index (χ0) is 22.9. The van der Waals surface area contributed by atoms with Gasteiger partial charge in [0.05, 0.1) is 16.5 Å². The van der Waals surface area contributed by atoms with Gasteiger partial charge >= 0.3 is 5.63 Å². The van der Waals surface area contributed by atoms with E-state index in [1.165, 1.54) is 12.1 Å². The maximum absolute atomic E-state index is 13.2. The first-order valence-electron chi connectivity index (χ1n) is 10.6. The van der Waals surface area contributed by atoms with Crippen molar-refractivity contribution in [2.45, 2.75) is 12.3 Å². The number of hydrogen-bond donors (Lipinski definition) is 2. The van der Waals surface area contributed by atoms with Crippen molar-refractivity contribution in [3.05, 3.63) is 118 Å². The first kappa shape index (κ1) is 20.5. The number of ketones is 1. The molecule has 1 atom stereocenters. The minimum Gasteiger partial charge on any atom is -0.507 e. The van der Waals surface area contributed by atoms with Gasteiger partial charge in [-0.2, -0.15) is 0 Å². The summed E-state index contributed by atoms with van der Waals surface area (Å²) in [7, 11) is 0. The minimum absolute atomic E-state index is 0.0211. The van der Waals surface area contributed by atoms with Crippen molar-refractivity contribution in [1.29, 1.82) is 0 Å². The van der Waals surface area contributed by atoms with Crippen LogP contribution in [-0.2, 0) is 0 Å². The van der Waals surface area contributed by atoms with E-state index in [4.69, 9.17) is 4.42 Å². The zero-order valence-electron chi connectivity index (χ0n) is 17.6. The fourth-order valence-electron chi connectivity index (χ4n) is 4.27. The third kappa shape index (κ3) is 3.74. The summed E-state index contributed by atoms with van der Waals surface area (Å²) in [5.74, 6) is -1.46. The minimum atomic E-state index is -0.775. The highest BCUT2D eigenvalue weighted by atomic mass is 16.4. The summed E-state index contributed by atoms with van der Waals surface area (Å²) in [6, 6.07) is 26.5. The maximum Gasteiger partial charge on any atom is 0.343 e. The van der Waals surface area contributed by atoms with Crippen LogP contribution in [0.1, 0.15) is 33.8 Å². The number of hydrogen-bond acceptors (Lipinski definition) is 5. The topological polar surface area (TPSA) is 87.7 Å². The van der Waals surface area contributed by atoms with Gasteiger partial charge in [0.15, 0.2) is 5.78 Å². The lowest BCUT2D eigenvalue weighted by molar-refractivity contribution is 0.0974. The Bertz CT molecular complexity index is 1560. The van der Waals surface area contributed by atoms with Crippen molar-refractivity contribution in [2.75, 3.05) is 0 Å². The van der Waals surface area contributed by atoms with Gasteiger partial charge in [-0.05, 0) is 40.6 Å². The van der Waals surface area contributed by atoms with E-state index in [1.807, 2.05) is 42.5 Å². The Balaban J connectivity index is 1.70. The van der Waals surface area contributed by atoms with Gasteiger partial charge in [-0.25, -0.2) is 4.79 Å². The molecule has 5 heteroatoms. The number of para-hydroxylation sites is 2. The molecule has 1 aromatic heterocycles. The molecule has 0 bridgehead atoms. The summed E-state index contributed by atoms with van der Waals surface area (Å²) in [5, 5.41) is 23.6. The Hall–Kier alpha value is -4.38. The van der Waals surface area contributed by atoms with Gasteiger partial charge in [0, 0.05) is 12.3 Å². The molecule has 0 saturated heterocycles. The Kier molecular flexibility index (Phi) is 5.15. The van der Waals surface area contributed by atoms with Crippen molar-refractivity contribution in [1.82, 2.24) is 0 Å². The number of aromatic hydroxyl groups is 2. The van der Waals surface area contributed by atoms with E-state index in [2.05, 4.69) is 0 Å². The monoisotopic (exact) mass is 436 g/mol. The van der Waals surface area contributed by atoms with Crippen LogP contribution in [-0.4, -0.2) is 16.0 Å². The first-order chi connectivity index (χ1) is 16.0. The molecule has 2 N–H and O–H groups in total. The quantitative estimate of drug-likeness (QED) is 0.270. The van der Waals surface area contributed by atoms with Gasteiger partial charge in [0.1, 0.15) is 17.1 Å². The molecule has 0 saturated carbocycles. The lowest BCUT2D eigenvalue weighted by Crippen LogP contribution is -2.17. The number of phenols is 1.